The zero-order valence-corrected chi connectivity index (χ0v) is 25.2. The maximum absolute atomic E-state index is 13.5. The van der Waals surface area contributed by atoms with Crippen molar-refractivity contribution in [3.8, 4) is 0 Å². The van der Waals surface area contributed by atoms with Crippen LogP contribution in [0.25, 0.3) is 0 Å². The summed E-state index contributed by atoms with van der Waals surface area (Å²) in [6, 6.07) is 19.7. The van der Waals surface area contributed by atoms with Gasteiger partial charge in [0.05, 0.1) is 0 Å². The summed E-state index contributed by atoms with van der Waals surface area (Å²) in [6.07, 6.45) is 2.55. The van der Waals surface area contributed by atoms with Gasteiger partial charge in [-0.3, -0.25) is 14.4 Å². The van der Waals surface area contributed by atoms with Crippen molar-refractivity contribution < 1.29 is 38.6 Å². The third kappa shape index (κ3) is 11.3. The van der Waals surface area contributed by atoms with Crippen molar-refractivity contribution in [1.82, 2.24) is 4.90 Å². The topological polar surface area (TPSA) is 144 Å². The number of hydrogen-bond donors (Lipinski definition) is 3. The van der Waals surface area contributed by atoms with Crippen molar-refractivity contribution in [2.45, 2.75) is 19.8 Å². The molecule has 2 amide bonds. The van der Waals surface area contributed by atoms with Crippen LogP contribution in [0.3, 0.4) is 0 Å². The second-order valence-corrected chi connectivity index (χ2v) is 10.6. The number of aliphatic carboxylic acids is 2. The zero-order valence-electron chi connectivity index (χ0n) is 24.5. The van der Waals surface area contributed by atoms with Crippen LogP contribution in [0.4, 0.5) is 15.8 Å². The highest BCUT2D eigenvalue weighted by atomic mass is 35.5. The summed E-state index contributed by atoms with van der Waals surface area (Å²) in [5.74, 6) is -3.23. The van der Waals surface area contributed by atoms with Crippen LogP contribution >= 0.6 is 11.6 Å². The number of rotatable bonds is 10. The molecule has 1 aliphatic heterocycles. The smallest absolute Gasteiger partial charge is 0.328 e. The number of likely N-dealkylation sites (tertiary alicyclic amines) is 1. The van der Waals surface area contributed by atoms with E-state index < -0.39 is 11.9 Å². The number of ketones is 1. The lowest BCUT2D eigenvalue weighted by Gasteiger charge is -2.33. The summed E-state index contributed by atoms with van der Waals surface area (Å²) in [4.78, 5) is 60.7. The number of anilines is 2. The van der Waals surface area contributed by atoms with Crippen LogP contribution in [0.15, 0.2) is 84.9 Å². The highest BCUT2D eigenvalue weighted by molar-refractivity contribution is 6.30. The average Bonchev–Trinajstić information content (AvgIpc) is 3.01. The first kappa shape index (κ1) is 34.6. The Kier molecular flexibility index (Phi) is 13.0. The number of hydrogen-bond acceptors (Lipinski definition) is 6. The normalized spacial score (nSPS) is 13.4. The molecule has 0 aliphatic carbocycles. The van der Waals surface area contributed by atoms with Gasteiger partial charge in [0.25, 0.3) is 5.91 Å². The molecule has 1 heterocycles. The van der Waals surface area contributed by atoms with E-state index in [-0.39, 0.29) is 29.3 Å². The van der Waals surface area contributed by atoms with Gasteiger partial charge in [-0.2, -0.15) is 0 Å². The predicted molar refractivity (Wildman–Crippen MR) is 168 cm³/mol. The number of amides is 2. The first-order valence-corrected chi connectivity index (χ1v) is 14.4. The van der Waals surface area contributed by atoms with Crippen LogP contribution in [0.2, 0.25) is 5.02 Å². The quantitative estimate of drug-likeness (QED) is 0.198. The van der Waals surface area contributed by atoms with Crippen molar-refractivity contribution in [3.63, 3.8) is 0 Å². The van der Waals surface area contributed by atoms with Gasteiger partial charge in [0.15, 0.2) is 5.78 Å². The molecule has 1 fully saturated rings. The molecule has 45 heavy (non-hydrogen) atoms. The van der Waals surface area contributed by atoms with Crippen molar-refractivity contribution in [3.05, 3.63) is 107 Å². The first-order chi connectivity index (χ1) is 21.4. The van der Waals surface area contributed by atoms with E-state index in [0.29, 0.717) is 47.1 Å². The number of nitrogens with one attached hydrogen (secondary N) is 1. The second kappa shape index (κ2) is 16.8. The Balaban J connectivity index is 0.000000610. The fourth-order valence-electron chi connectivity index (χ4n) is 4.68. The van der Waals surface area contributed by atoms with Crippen LogP contribution < -0.4 is 10.2 Å². The van der Waals surface area contributed by atoms with Crippen LogP contribution in [0.1, 0.15) is 40.5 Å². The standard InChI is InChI=1S/C29H29ClFN3O3.C4H4O4/c1-20(35)32-26-10-4-23(5-11-26)29(37)34(27-12-6-24(30)7-13-27)19-18-33-16-14-22(15-17-33)28(36)21-2-8-25(31)9-3-21;5-3(6)1-2-4(7)8/h2-13,22H,14-19H2,1H3,(H,32,35);1-2H,(H,5,6)(H,7,8). The summed E-state index contributed by atoms with van der Waals surface area (Å²) in [5.41, 5.74) is 2.42. The van der Waals surface area contributed by atoms with E-state index in [1.165, 1.54) is 19.1 Å². The van der Waals surface area contributed by atoms with E-state index in [1.54, 1.807) is 53.4 Å². The predicted octanol–water partition coefficient (Wildman–Crippen LogP) is 5.39. The largest absolute Gasteiger partial charge is 0.478 e. The van der Waals surface area contributed by atoms with Crippen LogP contribution in [-0.4, -0.2) is 70.8 Å². The van der Waals surface area contributed by atoms with Crippen molar-refractivity contribution >= 4 is 52.5 Å². The molecule has 0 atom stereocenters. The monoisotopic (exact) mass is 637 g/mol. The van der Waals surface area contributed by atoms with Crippen LogP contribution in [0, 0.1) is 11.7 Å². The number of carbonyl (C=O) groups is 5. The molecule has 236 valence electrons. The number of halogens is 2. The lowest BCUT2D eigenvalue weighted by molar-refractivity contribution is -0.134. The fraction of sp³-hybridized carbons (Fsp3) is 0.242. The number of Topliss-reactive ketones (excluding diaryl/α,β-unsaturated/α-hetero) is 1. The number of nitrogens with zero attached hydrogens (tertiary/aromatic N) is 2. The number of carboxylic acid groups (broad SMARTS) is 2. The van der Waals surface area contributed by atoms with Crippen molar-refractivity contribution in [2.24, 2.45) is 5.92 Å². The van der Waals surface area contributed by atoms with Gasteiger partial charge < -0.3 is 25.3 Å². The highest BCUT2D eigenvalue weighted by Crippen LogP contribution is 2.24. The molecule has 0 radical (unpaired) electrons. The third-order valence-electron chi connectivity index (χ3n) is 6.93. The zero-order chi connectivity index (χ0) is 32.9. The number of carboxylic acids is 2. The van der Waals surface area contributed by atoms with Gasteiger partial charge in [-0.25, -0.2) is 14.0 Å². The number of piperidine rings is 1. The molecule has 3 N–H and O–H groups in total. The molecule has 1 aliphatic rings. The second-order valence-electron chi connectivity index (χ2n) is 10.2. The fourth-order valence-corrected chi connectivity index (χ4v) is 4.80. The Morgan fingerprint density at radius 1 is 0.867 bits per heavy atom. The van der Waals surface area contributed by atoms with Crippen LogP contribution in [0.5, 0.6) is 0 Å². The molecular weight excluding hydrogens is 605 g/mol. The van der Waals surface area contributed by atoms with Gasteiger partial charge in [-0.1, -0.05) is 11.6 Å². The van der Waals surface area contributed by atoms with Gasteiger partial charge in [0.1, 0.15) is 5.82 Å². The molecule has 4 rings (SSSR count). The molecule has 12 heteroatoms. The van der Waals surface area contributed by atoms with E-state index in [9.17, 15) is 28.4 Å². The van der Waals surface area contributed by atoms with Gasteiger partial charge in [-0.05, 0) is 98.7 Å². The SMILES string of the molecule is CC(=O)Nc1ccc(C(=O)N(CCN2CCC(C(=O)c3ccc(F)cc3)CC2)c2ccc(Cl)cc2)cc1.O=C(O)C=CC(=O)O. The Morgan fingerprint density at radius 2 is 1.40 bits per heavy atom. The summed E-state index contributed by atoms with van der Waals surface area (Å²) in [5, 5.41) is 18.9. The van der Waals surface area contributed by atoms with Crippen molar-refractivity contribution in [1.29, 1.82) is 0 Å². The Bertz CT molecular complexity index is 1500. The molecule has 0 saturated carbocycles. The molecule has 10 nitrogen and oxygen atoms in total. The molecule has 3 aromatic carbocycles. The maximum atomic E-state index is 13.5. The van der Waals surface area contributed by atoms with Gasteiger partial charge in [0.2, 0.25) is 5.91 Å². The van der Waals surface area contributed by atoms with E-state index in [0.717, 1.165) is 31.6 Å². The van der Waals surface area contributed by atoms with Crippen LogP contribution in [-0.2, 0) is 14.4 Å². The number of benzene rings is 3. The first-order valence-electron chi connectivity index (χ1n) is 14.0. The molecule has 0 unspecified atom stereocenters. The van der Waals surface area contributed by atoms with E-state index in [1.807, 2.05) is 12.1 Å². The van der Waals surface area contributed by atoms with Gasteiger partial charge >= 0.3 is 11.9 Å². The van der Waals surface area contributed by atoms with Gasteiger partial charge in [0, 0.05) is 65.6 Å². The maximum Gasteiger partial charge on any atom is 0.328 e. The summed E-state index contributed by atoms with van der Waals surface area (Å²) < 4.78 is 13.2. The Morgan fingerprint density at radius 3 is 1.91 bits per heavy atom. The molecular formula is C33H33ClFN3O7. The summed E-state index contributed by atoms with van der Waals surface area (Å²) >= 11 is 6.07. The van der Waals surface area contributed by atoms with E-state index >= 15 is 0 Å². The summed E-state index contributed by atoms with van der Waals surface area (Å²) in [7, 11) is 0. The minimum Gasteiger partial charge on any atom is -0.478 e. The lowest BCUT2D eigenvalue weighted by Crippen LogP contribution is -2.42. The van der Waals surface area contributed by atoms with Gasteiger partial charge in [-0.15, -0.1) is 0 Å². The van der Waals surface area contributed by atoms with E-state index in [2.05, 4.69) is 10.2 Å². The molecule has 3 aromatic rings. The minimum atomic E-state index is -1.26. The molecule has 1 saturated heterocycles. The van der Waals surface area contributed by atoms with Crippen molar-refractivity contribution in [2.75, 3.05) is 36.4 Å². The molecule has 0 aromatic heterocycles. The Hall–Kier alpha value is -4.87. The molecule has 0 spiro atoms. The highest BCUT2D eigenvalue weighted by Gasteiger charge is 2.27. The summed E-state index contributed by atoms with van der Waals surface area (Å²) in [6.45, 7) is 4.03. The molecule has 0 bridgehead atoms. The van der Waals surface area contributed by atoms with E-state index in [4.69, 9.17) is 21.8 Å². The third-order valence-corrected chi connectivity index (χ3v) is 7.18. The minimum absolute atomic E-state index is 0.0559. The lowest BCUT2D eigenvalue weighted by atomic mass is 9.89. The Labute approximate surface area is 264 Å². The number of carbonyl (C=O) groups excluding carboxylic acids is 3. The average molecular weight is 638 g/mol.